The van der Waals surface area contributed by atoms with E-state index in [1.165, 1.54) is 47.6 Å². The second kappa shape index (κ2) is 7.62. The van der Waals surface area contributed by atoms with Crippen molar-refractivity contribution in [2.75, 3.05) is 0 Å². The van der Waals surface area contributed by atoms with Crippen LogP contribution < -0.4 is 0 Å². The van der Waals surface area contributed by atoms with Crippen LogP contribution in [0.4, 0.5) is 4.39 Å². The fourth-order valence-electron chi connectivity index (χ4n) is 3.35. The van der Waals surface area contributed by atoms with Crippen LogP contribution in [0.25, 0.3) is 0 Å². The first-order chi connectivity index (χ1) is 14.3. The zero-order valence-corrected chi connectivity index (χ0v) is 16.9. The van der Waals surface area contributed by atoms with Crippen molar-refractivity contribution in [2.45, 2.75) is 17.5 Å². The van der Waals surface area contributed by atoms with Crippen molar-refractivity contribution in [3.05, 3.63) is 99.8 Å². The second-order valence-corrected chi connectivity index (χ2v) is 8.99. The summed E-state index contributed by atoms with van der Waals surface area (Å²) in [6, 6.07) is 12.5. The van der Waals surface area contributed by atoms with E-state index in [-0.39, 0.29) is 11.4 Å². The first-order valence-corrected chi connectivity index (χ1v) is 10.7. The molecule has 0 bridgehead atoms. The van der Waals surface area contributed by atoms with Crippen LogP contribution >= 0.6 is 11.6 Å². The highest BCUT2D eigenvalue weighted by Crippen LogP contribution is 2.43. The van der Waals surface area contributed by atoms with Gasteiger partial charge in [-0.05, 0) is 54.1 Å². The standard InChI is InChI=1S/C21H15ClFNO5S/c22-14-5-9-17(10-6-14)30(27,28)20-18(13-3-7-15(23)8-4-13)24(21(26)19(20)25)12-16-2-1-11-29-16/h1-11,18,25H,12H2/t18-/m0/s1. The maximum absolute atomic E-state index is 13.5. The Hall–Kier alpha value is -3.10. The van der Waals surface area contributed by atoms with Gasteiger partial charge in [-0.3, -0.25) is 4.79 Å². The van der Waals surface area contributed by atoms with Crippen LogP contribution in [0.3, 0.4) is 0 Å². The molecule has 4 rings (SSSR count). The highest BCUT2D eigenvalue weighted by atomic mass is 35.5. The zero-order chi connectivity index (χ0) is 21.5. The van der Waals surface area contributed by atoms with Gasteiger partial charge in [0.1, 0.15) is 16.5 Å². The molecule has 0 saturated heterocycles. The lowest BCUT2D eigenvalue weighted by molar-refractivity contribution is -0.130. The molecule has 1 aliphatic heterocycles. The van der Waals surface area contributed by atoms with Crippen molar-refractivity contribution in [2.24, 2.45) is 0 Å². The van der Waals surface area contributed by atoms with Crippen LogP contribution in [0.2, 0.25) is 5.02 Å². The number of amides is 1. The zero-order valence-electron chi connectivity index (χ0n) is 15.3. The van der Waals surface area contributed by atoms with E-state index < -0.39 is 38.3 Å². The topological polar surface area (TPSA) is 87.8 Å². The lowest BCUT2D eigenvalue weighted by Gasteiger charge is -2.26. The minimum Gasteiger partial charge on any atom is -0.502 e. The number of rotatable bonds is 5. The summed E-state index contributed by atoms with van der Waals surface area (Å²) < 4.78 is 45.5. The molecular weight excluding hydrogens is 433 g/mol. The minimum absolute atomic E-state index is 0.0857. The smallest absolute Gasteiger partial charge is 0.291 e. The fourth-order valence-corrected chi connectivity index (χ4v) is 5.13. The second-order valence-electron chi connectivity index (χ2n) is 6.64. The van der Waals surface area contributed by atoms with Crippen molar-refractivity contribution < 1.29 is 27.1 Å². The summed E-state index contributed by atoms with van der Waals surface area (Å²) in [6.45, 7) is -0.0857. The lowest BCUT2D eigenvalue weighted by atomic mass is 10.1. The molecule has 0 fully saturated rings. The molecule has 1 aromatic heterocycles. The summed E-state index contributed by atoms with van der Waals surface area (Å²) in [5.74, 6) is -1.87. The summed E-state index contributed by atoms with van der Waals surface area (Å²) in [7, 11) is -4.27. The Morgan fingerprint density at radius 2 is 1.73 bits per heavy atom. The summed E-state index contributed by atoms with van der Waals surface area (Å²) in [5.41, 5.74) is 0.327. The van der Waals surface area contributed by atoms with Crippen molar-refractivity contribution in [1.82, 2.24) is 4.90 Å². The molecule has 1 atom stereocenters. The molecule has 154 valence electrons. The number of aliphatic hydroxyl groups excluding tert-OH is 1. The number of carbonyl (C=O) groups is 1. The van der Waals surface area contributed by atoms with Crippen LogP contribution in [0.15, 0.2) is 86.9 Å². The van der Waals surface area contributed by atoms with E-state index in [2.05, 4.69) is 0 Å². The Bertz CT molecular complexity index is 1220. The summed E-state index contributed by atoms with van der Waals surface area (Å²) in [6.07, 6.45) is 1.42. The van der Waals surface area contributed by atoms with Gasteiger partial charge < -0.3 is 14.4 Å². The van der Waals surface area contributed by atoms with Gasteiger partial charge in [0.25, 0.3) is 5.91 Å². The van der Waals surface area contributed by atoms with Gasteiger partial charge in [0.05, 0.1) is 23.7 Å². The number of furan rings is 1. The van der Waals surface area contributed by atoms with Gasteiger partial charge >= 0.3 is 0 Å². The molecule has 1 amide bonds. The minimum atomic E-state index is -4.27. The van der Waals surface area contributed by atoms with E-state index in [4.69, 9.17) is 16.0 Å². The Morgan fingerprint density at radius 3 is 2.33 bits per heavy atom. The molecule has 2 heterocycles. The number of carbonyl (C=O) groups excluding carboxylic acids is 1. The molecular formula is C21H15ClFNO5S. The van der Waals surface area contributed by atoms with E-state index in [1.807, 2.05) is 0 Å². The number of benzene rings is 2. The predicted octanol–water partition coefficient (Wildman–Crippen LogP) is 4.40. The molecule has 6 nitrogen and oxygen atoms in total. The summed E-state index contributed by atoms with van der Waals surface area (Å²) in [5, 5.41) is 10.9. The monoisotopic (exact) mass is 447 g/mol. The molecule has 1 N–H and O–H groups in total. The Labute approximate surface area is 176 Å². The van der Waals surface area contributed by atoms with Crippen molar-refractivity contribution in [1.29, 1.82) is 0 Å². The lowest BCUT2D eigenvalue weighted by Crippen LogP contribution is -2.30. The van der Waals surface area contributed by atoms with Gasteiger partial charge in [-0.25, -0.2) is 12.8 Å². The highest BCUT2D eigenvalue weighted by Gasteiger charge is 2.47. The predicted molar refractivity (Wildman–Crippen MR) is 107 cm³/mol. The average molecular weight is 448 g/mol. The van der Waals surface area contributed by atoms with Gasteiger partial charge in [-0.2, -0.15) is 0 Å². The highest BCUT2D eigenvalue weighted by molar-refractivity contribution is 7.95. The first-order valence-electron chi connectivity index (χ1n) is 8.81. The molecule has 2 aromatic carbocycles. The van der Waals surface area contributed by atoms with Crippen LogP contribution in [0.1, 0.15) is 17.4 Å². The molecule has 0 aliphatic carbocycles. The summed E-state index contributed by atoms with van der Waals surface area (Å²) >= 11 is 5.85. The number of hydrogen-bond acceptors (Lipinski definition) is 5. The van der Waals surface area contributed by atoms with Crippen molar-refractivity contribution in [3.8, 4) is 0 Å². The molecule has 30 heavy (non-hydrogen) atoms. The van der Waals surface area contributed by atoms with Crippen LogP contribution in [0, 0.1) is 5.82 Å². The molecule has 0 unspecified atom stereocenters. The number of hydrogen-bond donors (Lipinski definition) is 1. The number of sulfone groups is 1. The van der Waals surface area contributed by atoms with Gasteiger partial charge in [0, 0.05) is 5.02 Å². The number of nitrogens with zero attached hydrogens (tertiary/aromatic N) is 1. The Morgan fingerprint density at radius 1 is 1.07 bits per heavy atom. The van der Waals surface area contributed by atoms with E-state index >= 15 is 0 Å². The van der Waals surface area contributed by atoms with E-state index in [0.29, 0.717) is 16.3 Å². The van der Waals surface area contributed by atoms with Gasteiger partial charge in [0.2, 0.25) is 9.84 Å². The normalized spacial score (nSPS) is 17.1. The maximum atomic E-state index is 13.5. The van der Waals surface area contributed by atoms with Gasteiger partial charge in [-0.1, -0.05) is 23.7 Å². The third-order valence-electron chi connectivity index (χ3n) is 4.76. The Balaban J connectivity index is 1.86. The van der Waals surface area contributed by atoms with Gasteiger partial charge in [-0.15, -0.1) is 0 Å². The summed E-state index contributed by atoms with van der Waals surface area (Å²) in [4.78, 5) is 13.4. The van der Waals surface area contributed by atoms with E-state index in [9.17, 15) is 22.7 Å². The number of halogens is 2. The Kier molecular flexibility index (Phi) is 5.13. The third-order valence-corrected chi connectivity index (χ3v) is 6.90. The third kappa shape index (κ3) is 3.48. The molecule has 9 heteroatoms. The van der Waals surface area contributed by atoms with Crippen LogP contribution in [-0.2, 0) is 21.2 Å². The molecule has 0 saturated carbocycles. The average Bonchev–Trinajstić information content (AvgIpc) is 3.31. The van der Waals surface area contributed by atoms with Crippen molar-refractivity contribution in [3.63, 3.8) is 0 Å². The van der Waals surface area contributed by atoms with E-state index in [0.717, 1.165) is 12.1 Å². The van der Waals surface area contributed by atoms with Gasteiger partial charge in [0.15, 0.2) is 5.76 Å². The van der Waals surface area contributed by atoms with Crippen molar-refractivity contribution >= 4 is 27.3 Å². The largest absolute Gasteiger partial charge is 0.502 e. The number of aliphatic hydroxyl groups is 1. The molecule has 0 radical (unpaired) electrons. The molecule has 0 spiro atoms. The van der Waals surface area contributed by atoms with E-state index in [1.54, 1.807) is 12.1 Å². The van der Waals surface area contributed by atoms with Crippen LogP contribution in [-0.4, -0.2) is 24.3 Å². The quantitative estimate of drug-likeness (QED) is 0.626. The maximum Gasteiger partial charge on any atom is 0.291 e. The molecule has 1 aliphatic rings. The first kappa shape index (κ1) is 20.2. The van der Waals surface area contributed by atoms with Crippen LogP contribution in [0.5, 0.6) is 0 Å². The molecule has 3 aromatic rings. The SMILES string of the molecule is O=C1C(O)=C(S(=O)(=O)c2ccc(Cl)cc2)[C@H](c2ccc(F)cc2)N1Cc1ccco1. The fraction of sp³-hybridized carbons (Fsp3) is 0.0952.